The molecule has 5 nitrogen and oxygen atoms in total. The Morgan fingerprint density at radius 1 is 1.29 bits per heavy atom. The van der Waals surface area contributed by atoms with Crippen LogP contribution < -0.4 is 5.32 Å². The summed E-state index contributed by atoms with van der Waals surface area (Å²) in [6, 6.07) is 7.65. The lowest BCUT2D eigenvalue weighted by Crippen LogP contribution is -2.44. The highest BCUT2D eigenvalue weighted by atomic mass is 35.5. The topological polar surface area (TPSA) is 79.3 Å². The number of hydrogen-bond acceptors (Lipinski definition) is 3. The predicted molar refractivity (Wildman–Crippen MR) is 80.5 cm³/mol. The Balaban J connectivity index is 2.33. The molecule has 2 rings (SSSR count). The molecule has 1 heterocycles. The number of carbonyl (C=O) groups excluding carboxylic acids is 1. The van der Waals surface area contributed by atoms with Crippen LogP contribution in [0, 0.1) is 5.92 Å². The van der Waals surface area contributed by atoms with Gasteiger partial charge in [0, 0.05) is 5.39 Å². The Labute approximate surface area is 126 Å². The van der Waals surface area contributed by atoms with Crippen molar-refractivity contribution in [3.63, 3.8) is 0 Å². The first kappa shape index (κ1) is 15.3. The lowest BCUT2D eigenvalue weighted by molar-refractivity contribution is -0.140. The minimum atomic E-state index is -1.08. The maximum atomic E-state index is 12.2. The minimum Gasteiger partial charge on any atom is -0.480 e. The van der Waals surface area contributed by atoms with Gasteiger partial charge in [-0.05, 0) is 18.1 Å². The molecular formula is C15H15ClN2O3. The zero-order valence-electron chi connectivity index (χ0n) is 11.6. The number of pyridine rings is 1. The van der Waals surface area contributed by atoms with Crippen LogP contribution in [0.1, 0.15) is 24.3 Å². The number of carboxylic acid groups (broad SMARTS) is 1. The molecule has 0 saturated carbocycles. The summed E-state index contributed by atoms with van der Waals surface area (Å²) in [5.41, 5.74) is 0.692. The van der Waals surface area contributed by atoms with Crippen molar-refractivity contribution in [2.45, 2.75) is 19.9 Å². The van der Waals surface area contributed by atoms with Crippen LogP contribution >= 0.6 is 11.6 Å². The van der Waals surface area contributed by atoms with Crippen LogP contribution in [0.25, 0.3) is 10.9 Å². The van der Waals surface area contributed by atoms with Gasteiger partial charge in [0.2, 0.25) is 0 Å². The first-order valence-electron chi connectivity index (χ1n) is 6.49. The van der Waals surface area contributed by atoms with Gasteiger partial charge in [0.1, 0.15) is 11.7 Å². The van der Waals surface area contributed by atoms with Crippen LogP contribution in [0.5, 0.6) is 0 Å². The zero-order valence-corrected chi connectivity index (χ0v) is 12.4. The summed E-state index contributed by atoms with van der Waals surface area (Å²) in [6.07, 6.45) is 0. The molecule has 0 aliphatic heterocycles. The second kappa shape index (κ2) is 6.10. The number of benzene rings is 1. The summed E-state index contributed by atoms with van der Waals surface area (Å²) in [7, 11) is 0. The van der Waals surface area contributed by atoms with Gasteiger partial charge in [0.05, 0.1) is 10.5 Å². The number of carboxylic acids is 1. The average Bonchev–Trinajstić information content (AvgIpc) is 2.43. The largest absolute Gasteiger partial charge is 0.480 e. The summed E-state index contributed by atoms with van der Waals surface area (Å²) >= 11 is 6.13. The van der Waals surface area contributed by atoms with E-state index in [2.05, 4.69) is 10.3 Å². The van der Waals surface area contributed by atoms with Crippen LogP contribution in [0.15, 0.2) is 30.3 Å². The number of rotatable bonds is 4. The highest BCUT2D eigenvalue weighted by Gasteiger charge is 2.24. The second-order valence-electron chi connectivity index (χ2n) is 5.04. The molecule has 1 atom stereocenters. The van der Waals surface area contributed by atoms with E-state index >= 15 is 0 Å². The molecule has 1 aromatic carbocycles. The molecule has 0 spiro atoms. The summed E-state index contributed by atoms with van der Waals surface area (Å²) in [6.45, 7) is 3.44. The fourth-order valence-electron chi connectivity index (χ4n) is 1.98. The summed E-state index contributed by atoms with van der Waals surface area (Å²) in [5.74, 6) is -1.86. The minimum absolute atomic E-state index is 0.102. The quantitative estimate of drug-likeness (QED) is 0.910. The number of nitrogens with one attached hydrogen (secondary N) is 1. The molecule has 6 heteroatoms. The molecule has 0 bridgehead atoms. The third-order valence-corrected chi connectivity index (χ3v) is 3.43. The number of para-hydroxylation sites is 1. The maximum absolute atomic E-state index is 12.2. The molecule has 0 saturated heterocycles. The first-order valence-corrected chi connectivity index (χ1v) is 6.87. The number of aliphatic carboxylic acids is 1. The Kier molecular flexibility index (Phi) is 4.43. The molecule has 110 valence electrons. The van der Waals surface area contributed by atoms with Gasteiger partial charge in [-0.1, -0.05) is 43.6 Å². The van der Waals surface area contributed by atoms with E-state index in [0.29, 0.717) is 10.5 Å². The number of nitrogens with zero attached hydrogens (tertiary/aromatic N) is 1. The van der Waals surface area contributed by atoms with E-state index in [-0.39, 0.29) is 11.6 Å². The Bertz CT molecular complexity index is 700. The normalized spacial score (nSPS) is 12.4. The molecule has 2 aromatic rings. The second-order valence-corrected chi connectivity index (χ2v) is 5.45. The van der Waals surface area contributed by atoms with E-state index in [1.807, 2.05) is 6.07 Å². The molecule has 1 unspecified atom stereocenters. The molecule has 1 aromatic heterocycles. The van der Waals surface area contributed by atoms with Crippen LogP contribution in [0.2, 0.25) is 5.02 Å². The van der Waals surface area contributed by atoms with Crippen LogP contribution in [0.3, 0.4) is 0 Å². The van der Waals surface area contributed by atoms with Gasteiger partial charge in [-0.2, -0.15) is 0 Å². The third kappa shape index (κ3) is 3.31. The molecule has 21 heavy (non-hydrogen) atoms. The number of fused-ring (bicyclic) bond motifs is 1. The van der Waals surface area contributed by atoms with E-state index in [1.165, 1.54) is 6.07 Å². The van der Waals surface area contributed by atoms with Gasteiger partial charge in [0.25, 0.3) is 5.91 Å². The van der Waals surface area contributed by atoms with Crippen molar-refractivity contribution < 1.29 is 14.7 Å². The monoisotopic (exact) mass is 306 g/mol. The van der Waals surface area contributed by atoms with Crippen LogP contribution in [-0.4, -0.2) is 28.0 Å². The summed E-state index contributed by atoms with van der Waals surface area (Å²) in [5, 5.41) is 12.7. The number of halogens is 1. The van der Waals surface area contributed by atoms with Gasteiger partial charge in [-0.25, -0.2) is 9.78 Å². The van der Waals surface area contributed by atoms with E-state index in [4.69, 9.17) is 16.7 Å². The van der Waals surface area contributed by atoms with Gasteiger partial charge >= 0.3 is 5.97 Å². The fraction of sp³-hybridized carbons (Fsp3) is 0.267. The number of aromatic nitrogens is 1. The third-order valence-electron chi connectivity index (χ3n) is 3.12. The van der Waals surface area contributed by atoms with Crippen molar-refractivity contribution >= 4 is 34.4 Å². The molecule has 0 aliphatic rings. The molecule has 0 aliphatic carbocycles. The van der Waals surface area contributed by atoms with Crippen molar-refractivity contribution in [1.29, 1.82) is 0 Å². The standard InChI is InChI=1S/C15H15ClN2O3/c1-8(2)13(15(20)21)18-14(19)12-7-10(16)9-5-3-4-6-11(9)17-12/h3-8,13H,1-2H3,(H,18,19)(H,20,21). The van der Waals surface area contributed by atoms with Crippen molar-refractivity contribution in [2.24, 2.45) is 5.92 Å². The Hall–Kier alpha value is -2.14. The molecule has 2 N–H and O–H groups in total. The van der Waals surface area contributed by atoms with Gasteiger partial charge in [0.15, 0.2) is 0 Å². The SMILES string of the molecule is CC(C)C(NC(=O)c1cc(Cl)c2ccccc2n1)C(=O)O. The van der Waals surface area contributed by atoms with Crippen molar-refractivity contribution in [3.8, 4) is 0 Å². The highest BCUT2D eigenvalue weighted by molar-refractivity contribution is 6.35. The molecule has 0 fully saturated rings. The van der Waals surface area contributed by atoms with E-state index < -0.39 is 17.9 Å². The van der Waals surface area contributed by atoms with E-state index in [9.17, 15) is 9.59 Å². The first-order chi connectivity index (χ1) is 9.90. The lowest BCUT2D eigenvalue weighted by Gasteiger charge is -2.17. The van der Waals surface area contributed by atoms with Crippen molar-refractivity contribution in [3.05, 3.63) is 41.0 Å². The number of hydrogen-bond donors (Lipinski definition) is 2. The summed E-state index contributed by atoms with van der Waals surface area (Å²) < 4.78 is 0. The Morgan fingerprint density at radius 3 is 2.57 bits per heavy atom. The van der Waals surface area contributed by atoms with Crippen molar-refractivity contribution in [1.82, 2.24) is 10.3 Å². The maximum Gasteiger partial charge on any atom is 0.326 e. The summed E-state index contributed by atoms with van der Waals surface area (Å²) in [4.78, 5) is 27.5. The van der Waals surface area contributed by atoms with Gasteiger partial charge in [-0.15, -0.1) is 0 Å². The predicted octanol–water partition coefficient (Wildman–Crippen LogP) is 2.73. The average molecular weight is 307 g/mol. The molecule has 0 radical (unpaired) electrons. The number of amides is 1. The van der Waals surface area contributed by atoms with Crippen LogP contribution in [-0.2, 0) is 4.79 Å². The fourth-order valence-corrected chi connectivity index (χ4v) is 2.24. The molecular weight excluding hydrogens is 292 g/mol. The molecule has 1 amide bonds. The number of carbonyl (C=O) groups is 2. The van der Waals surface area contributed by atoms with Crippen molar-refractivity contribution in [2.75, 3.05) is 0 Å². The zero-order chi connectivity index (χ0) is 15.6. The lowest BCUT2D eigenvalue weighted by atomic mass is 10.0. The smallest absolute Gasteiger partial charge is 0.326 e. The van der Waals surface area contributed by atoms with Gasteiger partial charge in [-0.3, -0.25) is 4.79 Å². The van der Waals surface area contributed by atoms with E-state index in [1.54, 1.807) is 32.0 Å². The van der Waals surface area contributed by atoms with Crippen LogP contribution in [0.4, 0.5) is 0 Å². The van der Waals surface area contributed by atoms with Gasteiger partial charge < -0.3 is 10.4 Å². The highest BCUT2D eigenvalue weighted by Crippen LogP contribution is 2.22. The Morgan fingerprint density at radius 2 is 1.95 bits per heavy atom. The van der Waals surface area contributed by atoms with E-state index in [0.717, 1.165) is 5.39 Å².